The first-order valence-corrected chi connectivity index (χ1v) is 6.15. The minimum Gasteiger partial charge on any atom is -0.355 e. The summed E-state index contributed by atoms with van der Waals surface area (Å²) < 4.78 is 0. The van der Waals surface area contributed by atoms with Crippen LogP contribution in [-0.4, -0.2) is 24.6 Å². The van der Waals surface area contributed by atoms with Crippen LogP contribution in [0.1, 0.15) is 19.3 Å². The van der Waals surface area contributed by atoms with Crippen molar-refractivity contribution in [2.75, 3.05) is 18.5 Å². The fourth-order valence-corrected chi connectivity index (χ4v) is 2.85. The van der Waals surface area contributed by atoms with Crippen LogP contribution in [0.25, 0.3) is 0 Å². The Balaban J connectivity index is 2.18. The van der Waals surface area contributed by atoms with Gasteiger partial charge in [0.25, 0.3) is 0 Å². The van der Waals surface area contributed by atoms with Gasteiger partial charge in [-0.2, -0.15) is 0 Å². The molecular weight excluding hydrogens is 222 g/mol. The van der Waals surface area contributed by atoms with E-state index in [1.807, 2.05) is 12.1 Å². The molecule has 4 heteroatoms. The molecule has 1 aromatic heterocycles. The highest BCUT2D eigenvalue weighted by Gasteiger charge is 2.30. The van der Waals surface area contributed by atoms with E-state index >= 15 is 0 Å². The molecule has 1 saturated carbocycles. The maximum absolute atomic E-state index is 6.15. The van der Waals surface area contributed by atoms with Crippen molar-refractivity contribution in [2.24, 2.45) is 11.7 Å². The van der Waals surface area contributed by atoms with Crippen molar-refractivity contribution in [3.8, 4) is 0 Å². The Morgan fingerprint density at radius 3 is 3.06 bits per heavy atom. The van der Waals surface area contributed by atoms with Crippen molar-refractivity contribution in [1.29, 1.82) is 0 Å². The van der Waals surface area contributed by atoms with Crippen LogP contribution >= 0.6 is 11.6 Å². The Kier molecular flexibility index (Phi) is 3.66. The average molecular weight is 240 g/mol. The quantitative estimate of drug-likeness (QED) is 0.880. The second-order valence-electron chi connectivity index (χ2n) is 4.41. The smallest absolute Gasteiger partial charge is 0.147 e. The first-order valence-electron chi connectivity index (χ1n) is 5.77. The van der Waals surface area contributed by atoms with Crippen molar-refractivity contribution >= 4 is 17.4 Å². The van der Waals surface area contributed by atoms with E-state index in [-0.39, 0.29) is 0 Å². The molecule has 1 aromatic rings. The van der Waals surface area contributed by atoms with Gasteiger partial charge in [-0.3, -0.25) is 0 Å². The number of nitrogens with two attached hydrogens (primary N) is 1. The van der Waals surface area contributed by atoms with Gasteiger partial charge in [-0.25, -0.2) is 4.98 Å². The van der Waals surface area contributed by atoms with Crippen LogP contribution in [0.15, 0.2) is 18.3 Å². The Hall–Kier alpha value is -0.800. The van der Waals surface area contributed by atoms with E-state index in [9.17, 15) is 0 Å². The summed E-state index contributed by atoms with van der Waals surface area (Å²) in [7, 11) is 2.06. The number of hydrogen-bond acceptors (Lipinski definition) is 3. The molecule has 1 aliphatic carbocycles. The van der Waals surface area contributed by atoms with Gasteiger partial charge in [-0.1, -0.05) is 18.0 Å². The molecule has 88 valence electrons. The van der Waals surface area contributed by atoms with E-state index in [0.717, 1.165) is 12.4 Å². The lowest BCUT2D eigenvalue weighted by Gasteiger charge is -2.30. The van der Waals surface area contributed by atoms with Crippen LogP contribution in [0.4, 0.5) is 5.82 Å². The number of hydrogen-bond donors (Lipinski definition) is 1. The fourth-order valence-electron chi connectivity index (χ4n) is 2.60. The molecule has 0 saturated heterocycles. The molecule has 0 spiro atoms. The number of aromatic nitrogens is 1. The van der Waals surface area contributed by atoms with Gasteiger partial charge in [0.05, 0.1) is 5.02 Å². The number of halogens is 1. The van der Waals surface area contributed by atoms with Crippen LogP contribution in [0.5, 0.6) is 0 Å². The van der Waals surface area contributed by atoms with Gasteiger partial charge in [-0.15, -0.1) is 0 Å². The fraction of sp³-hybridized carbons (Fsp3) is 0.583. The van der Waals surface area contributed by atoms with Crippen molar-refractivity contribution < 1.29 is 0 Å². The standard InChI is InChI=1S/C12H18ClN3/c1-16(11-6-2-4-9(11)8-14)12-10(13)5-3-7-15-12/h3,5,7,9,11H,2,4,6,8,14H2,1H3. The zero-order valence-corrected chi connectivity index (χ0v) is 10.3. The zero-order chi connectivity index (χ0) is 11.5. The summed E-state index contributed by atoms with van der Waals surface area (Å²) in [4.78, 5) is 6.53. The predicted molar refractivity (Wildman–Crippen MR) is 67.8 cm³/mol. The van der Waals surface area contributed by atoms with Crippen LogP contribution < -0.4 is 10.6 Å². The van der Waals surface area contributed by atoms with Gasteiger partial charge in [-0.05, 0) is 37.4 Å². The lowest BCUT2D eigenvalue weighted by molar-refractivity contribution is 0.472. The van der Waals surface area contributed by atoms with Gasteiger partial charge in [0.1, 0.15) is 5.82 Å². The normalized spacial score (nSPS) is 24.7. The monoisotopic (exact) mass is 239 g/mol. The lowest BCUT2D eigenvalue weighted by atomic mass is 10.0. The summed E-state index contributed by atoms with van der Waals surface area (Å²) in [6.45, 7) is 0.749. The summed E-state index contributed by atoms with van der Waals surface area (Å²) >= 11 is 6.15. The molecule has 1 fully saturated rings. The van der Waals surface area contributed by atoms with Crippen molar-refractivity contribution in [2.45, 2.75) is 25.3 Å². The molecule has 16 heavy (non-hydrogen) atoms. The van der Waals surface area contributed by atoms with Crippen LogP contribution in [0.3, 0.4) is 0 Å². The average Bonchev–Trinajstić information content (AvgIpc) is 2.77. The molecule has 0 radical (unpaired) electrons. The minimum absolute atomic E-state index is 0.484. The molecule has 2 unspecified atom stereocenters. The molecule has 2 N–H and O–H groups in total. The van der Waals surface area contributed by atoms with E-state index in [1.54, 1.807) is 6.20 Å². The third-order valence-electron chi connectivity index (χ3n) is 3.49. The van der Waals surface area contributed by atoms with Crippen LogP contribution in [-0.2, 0) is 0 Å². The van der Waals surface area contributed by atoms with Gasteiger partial charge in [0.2, 0.25) is 0 Å². The molecule has 3 nitrogen and oxygen atoms in total. The Labute approximate surface area is 102 Å². The van der Waals surface area contributed by atoms with Gasteiger partial charge in [0.15, 0.2) is 0 Å². The topological polar surface area (TPSA) is 42.2 Å². The number of nitrogens with zero attached hydrogens (tertiary/aromatic N) is 2. The summed E-state index contributed by atoms with van der Waals surface area (Å²) in [6, 6.07) is 4.22. The van der Waals surface area contributed by atoms with Crippen LogP contribution in [0.2, 0.25) is 5.02 Å². The number of rotatable bonds is 3. The maximum Gasteiger partial charge on any atom is 0.147 e. The number of anilines is 1. The second-order valence-corrected chi connectivity index (χ2v) is 4.82. The largest absolute Gasteiger partial charge is 0.355 e. The van der Waals surface area contributed by atoms with Gasteiger partial charge < -0.3 is 10.6 Å². The summed E-state index contributed by atoms with van der Waals surface area (Å²) in [5.41, 5.74) is 5.80. The molecule has 1 heterocycles. The SMILES string of the molecule is CN(c1ncccc1Cl)C1CCCC1CN. The van der Waals surface area contributed by atoms with E-state index in [0.29, 0.717) is 17.0 Å². The molecule has 0 amide bonds. The van der Waals surface area contributed by atoms with Gasteiger partial charge in [0, 0.05) is 19.3 Å². The molecule has 2 rings (SSSR count). The van der Waals surface area contributed by atoms with Crippen LogP contribution in [0, 0.1) is 5.92 Å². The maximum atomic E-state index is 6.15. The minimum atomic E-state index is 0.484. The predicted octanol–water partition coefficient (Wildman–Crippen LogP) is 2.30. The first-order chi connectivity index (χ1) is 7.74. The number of pyridine rings is 1. The highest BCUT2D eigenvalue weighted by atomic mass is 35.5. The molecule has 0 bridgehead atoms. The molecule has 1 aliphatic rings. The van der Waals surface area contributed by atoms with E-state index in [1.165, 1.54) is 19.3 Å². The van der Waals surface area contributed by atoms with Crippen molar-refractivity contribution in [1.82, 2.24) is 4.98 Å². The Morgan fingerprint density at radius 2 is 2.38 bits per heavy atom. The van der Waals surface area contributed by atoms with Gasteiger partial charge >= 0.3 is 0 Å². The van der Waals surface area contributed by atoms with Crippen molar-refractivity contribution in [3.63, 3.8) is 0 Å². The van der Waals surface area contributed by atoms with E-state index in [4.69, 9.17) is 17.3 Å². The Morgan fingerprint density at radius 1 is 1.56 bits per heavy atom. The summed E-state index contributed by atoms with van der Waals surface area (Å²) in [6.07, 6.45) is 5.44. The summed E-state index contributed by atoms with van der Waals surface area (Å²) in [5, 5.41) is 0.715. The molecular formula is C12H18ClN3. The summed E-state index contributed by atoms with van der Waals surface area (Å²) in [5.74, 6) is 1.44. The van der Waals surface area contributed by atoms with Crippen molar-refractivity contribution in [3.05, 3.63) is 23.4 Å². The van der Waals surface area contributed by atoms with E-state index in [2.05, 4.69) is 16.9 Å². The lowest BCUT2D eigenvalue weighted by Crippen LogP contribution is -2.38. The van der Waals surface area contributed by atoms with E-state index < -0.39 is 0 Å². The highest BCUT2D eigenvalue weighted by Crippen LogP contribution is 2.33. The molecule has 0 aromatic carbocycles. The highest BCUT2D eigenvalue weighted by molar-refractivity contribution is 6.32. The molecule has 2 atom stereocenters. The first kappa shape index (κ1) is 11.7. The second kappa shape index (κ2) is 5.02. The Bertz CT molecular complexity index is 356. The third kappa shape index (κ3) is 2.15. The molecule has 0 aliphatic heterocycles. The zero-order valence-electron chi connectivity index (χ0n) is 9.56. The third-order valence-corrected chi connectivity index (χ3v) is 3.79.